The molecule has 6 rings (SSSR count). The van der Waals surface area contributed by atoms with Crippen molar-refractivity contribution in [2.75, 3.05) is 0 Å². The zero-order valence-corrected chi connectivity index (χ0v) is 26.5. The molecule has 0 radical (unpaired) electrons. The third-order valence-electron chi connectivity index (χ3n) is 12.6. The van der Waals surface area contributed by atoms with Crippen LogP contribution < -0.4 is 0 Å². The Labute approximate surface area is 233 Å². The molecule has 0 spiro atoms. The van der Waals surface area contributed by atoms with Gasteiger partial charge in [0.1, 0.15) is 0 Å². The van der Waals surface area contributed by atoms with Gasteiger partial charge < -0.3 is 0 Å². The standard InChI is InChI=1S/C35H60P2/c1-26(36(30-15-7-3-8-16-30)31-17-9-4-10-18-31)34-28-23-24-29(25-28)35(34)27(2)37(32-19-11-5-12-20-32)33-21-13-6-14-22-33/h23-24,26-35H,3-22,25H2,1-2H3/t26-,27-,28?,29?,34+,35+/m1/s1. The van der Waals surface area contributed by atoms with E-state index in [9.17, 15) is 0 Å². The van der Waals surface area contributed by atoms with Gasteiger partial charge in [-0.05, 0) is 115 Å². The van der Waals surface area contributed by atoms with Crippen LogP contribution in [-0.4, -0.2) is 34.0 Å². The van der Waals surface area contributed by atoms with Crippen molar-refractivity contribution in [2.45, 2.75) is 183 Å². The Morgan fingerprint density at radius 3 is 0.973 bits per heavy atom. The number of hydrogen-bond donors (Lipinski definition) is 0. The van der Waals surface area contributed by atoms with E-state index in [2.05, 4.69) is 26.0 Å². The second kappa shape index (κ2) is 13.1. The van der Waals surface area contributed by atoms with Crippen molar-refractivity contribution in [1.29, 1.82) is 0 Å². The van der Waals surface area contributed by atoms with Crippen LogP contribution in [0.3, 0.4) is 0 Å². The summed E-state index contributed by atoms with van der Waals surface area (Å²) in [5, 5.41) is 0. The fraction of sp³-hybridized carbons (Fsp3) is 0.943. The molecular weight excluding hydrogens is 482 g/mol. The molecule has 0 saturated heterocycles. The summed E-state index contributed by atoms with van der Waals surface area (Å²) in [6.45, 7) is 5.72. The van der Waals surface area contributed by atoms with Gasteiger partial charge in [-0.25, -0.2) is 0 Å². The van der Waals surface area contributed by atoms with E-state index >= 15 is 0 Å². The van der Waals surface area contributed by atoms with E-state index in [1.807, 2.05) is 0 Å². The van der Waals surface area contributed by atoms with Gasteiger partial charge in [-0.15, -0.1) is 0 Å². The van der Waals surface area contributed by atoms with Gasteiger partial charge in [-0.3, -0.25) is 0 Å². The molecule has 0 aliphatic heterocycles. The van der Waals surface area contributed by atoms with Crippen molar-refractivity contribution in [3.05, 3.63) is 12.2 Å². The Morgan fingerprint density at radius 2 is 0.703 bits per heavy atom. The second-order valence-corrected chi connectivity index (χ2v) is 21.0. The molecule has 0 amide bonds. The fourth-order valence-corrected chi connectivity index (χ4v) is 20.4. The third kappa shape index (κ3) is 5.98. The summed E-state index contributed by atoms with van der Waals surface area (Å²) in [6, 6.07) is 0. The first-order valence-electron chi connectivity index (χ1n) is 17.5. The zero-order valence-electron chi connectivity index (χ0n) is 24.7. The monoisotopic (exact) mass is 542 g/mol. The summed E-state index contributed by atoms with van der Waals surface area (Å²) >= 11 is 0. The summed E-state index contributed by atoms with van der Waals surface area (Å²) in [7, 11) is 0.385. The van der Waals surface area contributed by atoms with Gasteiger partial charge in [0.2, 0.25) is 0 Å². The van der Waals surface area contributed by atoms with E-state index in [0.717, 1.165) is 57.6 Å². The van der Waals surface area contributed by atoms with Crippen molar-refractivity contribution in [2.24, 2.45) is 23.7 Å². The third-order valence-corrected chi connectivity index (χ3v) is 20.6. The quantitative estimate of drug-likeness (QED) is 0.211. The second-order valence-electron chi connectivity index (χ2n) is 14.6. The minimum atomic E-state index is 0.193. The average molecular weight is 543 g/mol. The molecule has 0 N–H and O–H groups in total. The smallest absolute Gasteiger partial charge is 0.0190 e. The fourth-order valence-electron chi connectivity index (χ4n) is 11.1. The lowest BCUT2D eigenvalue weighted by Crippen LogP contribution is -2.40. The molecule has 0 aromatic carbocycles. The van der Waals surface area contributed by atoms with Gasteiger partial charge in [0, 0.05) is 0 Å². The van der Waals surface area contributed by atoms with E-state index in [0.29, 0.717) is 0 Å². The molecule has 37 heavy (non-hydrogen) atoms. The Morgan fingerprint density at radius 1 is 0.432 bits per heavy atom. The lowest BCUT2D eigenvalue weighted by atomic mass is 9.79. The van der Waals surface area contributed by atoms with Crippen molar-refractivity contribution in [3.63, 3.8) is 0 Å². The Kier molecular flexibility index (Phi) is 9.80. The van der Waals surface area contributed by atoms with Crippen molar-refractivity contribution >= 4 is 15.8 Å². The number of fused-ring (bicyclic) bond motifs is 2. The molecule has 6 atom stereocenters. The van der Waals surface area contributed by atoms with Gasteiger partial charge in [0.05, 0.1) is 0 Å². The minimum Gasteiger partial charge on any atom is -0.0971 e. The van der Waals surface area contributed by atoms with Crippen LogP contribution in [0.2, 0.25) is 0 Å². The van der Waals surface area contributed by atoms with E-state index in [1.165, 1.54) is 25.7 Å². The Hall–Kier alpha value is 0.600. The highest BCUT2D eigenvalue weighted by Gasteiger charge is 2.53. The van der Waals surface area contributed by atoms with E-state index in [-0.39, 0.29) is 15.8 Å². The first-order valence-corrected chi connectivity index (χ1v) is 20.6. The molecule has 2 unspecified atom stereocenters. The van der Waals surface area contributed by atoms with Crippen LogP contribution in [0.15, 0.2) is 12.2 Å². The predicted octanol–water partition coefficient (Wildman–Crippen LogP) is 11.5. The first kappa shape index (κ1) is 27.8. The van der Waals surface area contributed by atoms with Crippen molar-refractivity contribution < 1.29 is 0 Å². The largest absolute Gasteiger partial charge is 0.0971 e. The Balaban J connectivity index is 1.28. The van der Waals surface area contributed by atoms with Gasteiger partial charge in [-0.1, -0.05) is 119 Å². The molecule has 2 heteroatoms. The predicted molar refractivity (Wildman–Crippen MR) is 168 cm³/mol. The van der Waals surface area contributed by atoms with Crippen LogP contribution in [0.1, 0.15) is 149 Å². The summed E-state index contributed by atoms with van der Waals surface area (Å²) in [5.74, 6) is 3.97. The molecule has 2 bridgehead atoms. The van der Waals surface area contributed by atoms with Crippen LogP contribution in [0.25, 0.3) is 0 Å². The number of hydrogen-bond acceptors (Lipinski definition) is 0. The molecule has 210 valence electrons. The summed E-state index contributed by atoms with van der Waals surface area (Å²) < 4.78 is 0. The lowest BCUT2D eigenvalue weighted by molar-refractivity contribution is 0.295. The van der Waals surface area contributed by atoms with Crippen LogP contribution in [-0.2, 0) is 0 Å². The Bertz CT molecular complexity index is 626. The van der Waals surface area contributed by atoms with Gasteiger partial charge in [0.15, 0.2) is 0 Å². The minimum absolute atomic E-state index is 0.193. The molecule has 6 aliphatic rings. The topological polar surface area (TPSA) is 0 Å². The van der Waals surface area contributed by atoms with Crippen molar-refractivity contribution in [1.82, 2.24) is 0 Å². The van der Waals surface area contributed by atoms with E-state index in [1.54, 1.807) is 109 Å². The van der Waals surface area contributed by atoms with Crippen LogP contribution in [0, 0.1) is 23.7 Å². The molecule has 0 aromatic rings. The van der Waals surface area contributed by atoms with Crippen LogP contribution >= 0.6 is 15.8 Å². The first-order chi connectivity index (χ1) is 18.2. The highest BCUT2D eigenvalue weighted by Crippen LogP contribution is 2.69. The summed E-state index contributed by atoms with van der Waals surface area (Å²) in [4.78, 5) is 0. The molecule has 5 saturated carbocycles. The molecular formula is C35H60P2. The molecule has 6 aliphatic carbocycles. The van der Waals surface area contributed by atoms with E-state index in [4.69, 9.17) is 0 Å². The average Bonchev–Trinajstić information content (AvgIpc) is 3.58. The highest BCUT2D eigenvalue weighted by molar-refractivity contribution is 7.60. The van der Waals surface area contributed by atoms with Gasteiger partial charge in [-0.2, -0.15) is 0 Å². The summed E-state index contributed by atoms with van der Waals surface area (Å²) in [6.07, 6.45) is 38.4. The number of allylic oxidation sites excluding steroid dienone is 2. The highest BCUT2D eigenvalue weighted by atomic mass is 31.1. The van der Waals surface area contributed by atoms with Gasteiger partial charge >= 0.3 is 0 Å². The lowest BCUT2D eigenvalue weighted by Gasteiger charge is -2.50. The maximum Gasteiger partial charge on any atom is -0.0190 e. The molecule has 0 aromatic heterocycles. The SMILES string of the molecule is C[C@H]([C@H]1C2C=CC(C2)[C@@H]1[C@@H](C)P(C1CCCCC1)C1CCCCC1)P(C1CCCCC1)C1CCCCC1. The maximum absolute atomic E-state index is 2.86. The summed E-state index contributed by atoms with van der Waals surface area (Å²) in [5.41, 5.74) is 6.56. The van der Waals surface area contributed by atoms with Crippen molar-refractivity contribution in [3.8, 4) is 0 Å². The van der Waals surface area contributed by atoms with Crippen LogP contribution in [0.5, 0.6) is 0 Å². The molecule has 0 heterocycles. The molecule has 0 nitrogen and oxygen atoms in total. The van der Waals surface area contributed by atoms with Crippen LogP contribution in [0.4, 0.5) is 0 Å². The number of rotatable bonds is 8. The van der Waals surface area contributed by atoms with Gasteiger partial charge in [0.25, 0.3) is 0 Å². The normalized spacial score (nSPS) is 36.5. The maximum atomic E-state index is 2.86. The zero-order chi connectivity index (χ0) is 25.2. The molecule has 5 fully saturated rings. The van der Waals surface area contributed by atoms with E-state index < -0.39 is 0 Å².